The Hall–Kier alpha value is -2.50. The van der Waals surface area contributed by atoms with Gasteiger partial charge in [0.15, 0.2) is 0 Å². The van der Waals surface area contributed by atoms with Crippen molar-refractivity contribution in [1.82, 2.24) is 0 Å². The van der Waals surface area contributed by atoms with Gasteiger partial charge in [-0.3, -0.25) is 19.7 Å². The molecule has 0 N–H and O–H groups in total. The molecule has 0 saturated carbocycles. The van der Waals surface area contributed by atoms with Gasteiger partial charge in [0.25, 0.3) is 17.5 Å². The molecule has 1 aromatic rings. The van der Waals surface area contributed by atoms with Crippen LogP contribution >= 0.6 is 0 Å². The Labute approximate surface area is 96.3 Å². The van der Waals surface area contributed by atoms with Crippen molar-refractivity contribution in [2.24, 2.45) is 0 Å². The van der Waals surface area contributed by atoms with E-state index in [1.54, 1.807) is 6.92 Å². The lowest BCUT2D eigenvalue weighted by Crippen LogP contribution is -2.29. The third kappa shape index (κ3) is 1.80. The molecule has 0 bridgehead atoms. The lowest BCUT2D eigenvalue weighted by Gasteiger charge is -2.13. The second-order valence-electron chi connectivity index (χ2n) is 3.57. The Balaban J connectivity index is 2.47. The lowest BCUT2D eigenvalue weighted by atomic mass is 10.1. The quantitative estimate of drug-likeness (QED) is 0.437. The van der Waals surface area contributed by atoms with Crippen molar-refractivity contribution in [1.29, 1.82) is 0 Å². The van der Waals surface area contributed by atoms with Gasteiger partial charge >= 0.3 is 0 Å². The molecule has 86 valence electrons. The molecule has 0 atom stereocenters. The van der Waals surface area contributed by atoms with E-state index in [4.69, 9.17) is 0 Å². The Bertz CT molecular complexity index is 545. The minimum atomic E-state index is -0.544. The zero-order chi connectivity index (χ0) is 12.6. The highest BCUT2D eigenvalue weighted by atomic mass is 16.6. The number of nitro benzene ring substituents is 1. The summed E-state index contributed by atoms with van der Waals surface area (Å²) in [4.78, 5) is 33.9. The number of hydrogen-bond donors (Lipinski definition) is 0. The van der Waals surface area contributed by atoms with Crippen LogP contribution in [0.25, 0.3) is 0 Å². The lowest BCUT2D eigenvalue weighted by molar-refractivity contribution is -0.385. The van der Waals surface area contributed by atoms with E-state index in [2.05, 4.69) is 0 Å². The second kappa shape index (κ2) is 3.82. The summed E-state index contributed by atoms with van der Waals surface area (Å²) in [5, 5.41) is 10.8. The third-order valence-corrected chi connectivity index (χ3v) is 2.46. The van der Waals surface area contributed by atoms with Gasteiger partial charge in [0.2, 0.25) is 0 Å². The van der Waals surface area contributed by atoms with Crippen LogP contribution in [0.1, 0.15) is 5.56 Å². The minimum Gasteiger partial charge on any atom is -0.269 e. The molecule has 0 radical (unpaired) electrons. The van der Waals surface area contributed by atoms with E-state index in [0.717, 1.165) is 17.1 Å². The van der Waals surface area contributed by atoms with E-state index in [9.17, 15) is 19.7 Å². The molecule has 1 heterocycles. The van der Waals surface area contributed by atoms with Gasteiger partial charge in [-0.15, -0.1) is 0 Å². The molecule has 1 aliphatic heterocycles. The largest absolute Gasteiger partial charge is 0.274 e. The monoisotopic (exact) mass is 232 g/mol. The van der Waals surface area contributed by atoms with Crippen LogP contribution in [0, 0.1) is 17.0 Å². The smallest absolute Gasteiger partial charge is 0.269 e. The number of aryl methyl sites for hydroxylation is 1. The molecule has 0 spiro atoms. The highest BCUT2D eigenvalue weighted by Crippen LogP contribution is 2.26. The van der Waals surface area contributed by atoms with Crippen LogP contribution in [-0.2, 0) is 9.59 Å². The Kier molecular flexibility index (Phi) is 2.47. The van der Waals surface area contributed by atoms with E-state index < -0.39 is 16.7 Å². The number of hydrogen-bond acceptors (Lipinski definition) is 4. The van der Waals surface area contributed by atoms with E-state index in [1.165, 1.54) is 18.2 Å². The molecule has 1 aliphatic rings. The number of amides is 2. The third-order valence-electron chi connectivity index (χ3n) is 2.46. The highest BCUT2D eigenvalue weighted by molar-refractivity contribution is 6.28. The predicted molar refractivity (Wildman–Crippen MR) is 59.5 cm³/mol. The normalized spacial score (nSPS) is 14.5. The van der Waals surface area contributed by atoms with E-state index in [1.807, 2.05) is 0 Å². The van der Waals surface area contributed by atoms with Crippen molar-refractivity contribution in [2.45, 2.75) is 6.92 Å². The van der Waals surface area contributed by atoms with Crippen LogP contribution in [0.3, 0.4) is 0 Å². The molecule has 0 saturated heterocycles. The summed E-state index contributed by atoms with van der Waals surface area (Å²) >= 11 is 0. The van der Waals surface area contributed by atoms with Gasteiger partial charge in [0.05, 0.1) is 10.6 Å². The van der Waals surface area contributed by atoms with E-state index in [0.29, 0.717) is 5.56 Å². The van der Waals surface area contributed by atoms with Crippen LogP contribution in [0.5, 0.6) is 0 Å². The Morgan fingerprint density at radius 1 is 1.18 bits per heavy atom. The SMILES string of the molecule is Cc1ccc(N2C(=O)C=CC2=O)cc1[N+](=O)[O-]. The summed E-state index contributed by atoms with van der Waals surface area (Å²) in [7, 11) is 0. The topological polar surface area (TPSA) is 80.5 Å². The van der Waals surface area contributed by atoms with Crippen molar-refractivity contribution in [3.05, 3.63) is 46.0 Å². The first-order valence-electron chi connectivity index (χ1n) is 4.82. The van der Waals surface area contributed by atoms with Crippen molar-refractivity contribution in [2.75, 3.05) is 4.90 Å². The fourth-order valence-electron chi connectivity index (χ4n) is 1.59. The molecule has 0 unspecified atom stereocenters. The van der Waals surface area contributed by atoms with Crippen molar-refractivity contribution in [3.63, 3.8) is 0 Å². The molecule has 0 aliphatic carbocycles. The second-order valence-corrected chi connectivity index (χ2v) is 3.57. The number of rotatable bonds is 2. The van der Waals surface area contributed by atoms with E-state index >= 15 is 0 Å². The molecule has 6 nitrogen and oxygen atoms in total. The van der Waals surface area contributed by atoms with Crippen molar-refractivity contribution < 1.29 is 14.5 Å². The van der Waals surface area contributed by atoms with Gasteiger partial charge in [-0.2, -0.15) is 0 Å². The molecule has 6 heteroatoms. The van der Waals surface area contributed by atoms with Gasteiger partial charge in [0.1, 0.15) is 0 Å². The van der Waals surface area contributed by atoms with Crippen LogP contribution < -0.4 is 4.90 Å². The molecular formula is C11H8N2O4. The van der Waals surface area contributed by atoms with Crippen molar-refractivity contribution >= 4 is 23.2 Å². The molecule has 0 aromatic heterocycles. The first-order chi connectivity index (χ1) is 8.00. The molecule has 2 amide bonds. The number of imide groups is 1. The minimum absolute atomic E-state index is 0.116. The molecule has 2 rings (SSSR count). The van der Waals surface area contributed by atoms with Crippen molar-refractivity contribution in [3.8, 4) is 0 Å². The number of carbonyl (C=O) groups excluding carboxylic acids is 2. The summed E-state index contributed by atoms with van der Waals surface area (Å²) in [6.45, 7) is 1.59. The number of nitro groups is 1. The summed E-state index contributed by atoms with van der Waals surface area (Å²) < 4.78 is 0. The average molecular weight is 232 g/mol. The van der Waals surface area contributed by atoms with Crippen LogP contribution in [0.15, 0.2) is 30.4 Å². The van der Waals surface area contributed by atoms with Gasteiger partial charge in [-0.1, -0.05) is 6.07 Å². The summed E-state index contributed by atoms with van der Waals surface area (Å²) in [5.41, 5.74) is 0.572. The maximum absolute atomic E-state index is 11.4. The zero-order valence-electron chi connectivity index (χ0n) is 8.91. The molecule has 0 fully saturated rings. The highest BCUT2D eigenvalue weighted by Gasteiger charge is 2.26. The zero-order valence-corrected chi connectivity index (χ0v) is 8.91. The fraction of sp³-hybridized carbons (Fsp3) is 0.0909. The van der Waals surface area contributed by atoms with Gasteiger partial charge in [-0.05, 0) is 13.0 Å². The summed E-state index contributed by atoms with van der Waals surface area (Å²) in [5.74, 6) is -0.985. The first-order valence-corrected chi connectivity index (χ1v) is 4.82. The van der Waals surface area contributed by atoms with Gasteiger partial charge in [0, 0.05) is 23.8 Å². The van der Waals surface area contributed by atoms with Gasteiger partial charge < -0.3 is 0 Å². The standard InChI is InChI=1S/C11H8N2O4/c1-7-2-3-8(6-9(7)13(16)17)12-10(14)4-5-11(12)15/h2-6H,1H3. The summed E-state index contributed by atoms with van der Waals surface area (Å²) in [6.07, 6.45) is 2.27. The average Bonchev–Trinajstić information content (AvgIpc) is 2.59. The number of benzene rings is 1. The fourth-order valence-corrected chi connectivity index (χ4v) is 1.59. The number of nitrogens with zero attached hydrogens (tertiary/aromatic N) is 2. The number of carbonyl (C=O) groups is 2. The van der Waals surface area contributed by atoms with Crippen LogP contribution in [0.2, 0.25) is 0 Å². The first kappa shape index (κ1) is 11.0. The Morgan fingerprint density at radius 2 is 1.76 bits per heavy atom. The summed E-state index contributed by atoms with van der Waals surface area (Å²) in [6, 6.07) is 4.23. The molecule has 17 heavy (non-hydrogen) atoms. The molecular weight excluding hydrogens is 224 g/mol. The Morgan fingerprint density at radius 3 is 2.29 bits per heavy atom. The maximum atomic E-state index is 11.4. The van der Waals surface area contributed by atoms with Gasteiger partial charge in [-0.25, -0.2) is 4.90 Å². The van der Waals surface area contributed by atoms with Crippen LogP contribution in [-0.4, -0.2) is 16.7 Å². The molecule has 1 aromatic carbocycles. The predicted octanol–water partition coefficient (Wildman–Crippen LogP) is 1.33. The van der Waals surface area contributed by atoms with Crippen LogP contribution in [0.4, 0.5) is 11.4 Å². The van der Waals surface area contributed by atoms with E-state index in [-0.39, 0.29) is 11.4 Å². The number of anilines is 1. The maximum Gasteiger partial charge on any atom is 0.274 e.